The molecule has 0 aromatic carbocycles. The second kappa shape index (κ2) is 4.82. The zero-order valence-corrected chi connectivity index (χ0v) is 11.2. The highest BCUT2D eigenvalue weighted by Crippen LogP contribution is 2.38. The monoisotopic (exact) mass is 252 g/mol. The Hall–Kier alpha value is -0.610. The first kappa shape index (κ1) is 12.4. The topological polar surface area (TPSA) is 43.8 Å². The lowest BCUT2D eigenvalue weighted by Gasteiger charge is -2.41. The molecular weight excluding hydrogens is 228 g/mol. The van der Waals surface area contributed by atoms with E-state index in [0.29, 0.717) is 18.1 Å². The van der Waals surface area contributed by atoms with Gasteiger partial charge in [0.05, 0.1) is 6.54 Å². The molecule has 0 aromatic rings. The van der Waals surface area contributed by atoms with E-state index < -0.39 is 5.97 Å². The summed E-state index contributed by atoms with van der Waals surface area (Å²) in [6, 6.07) is 1.91. The fourth-order valence-electron chi connectivity index (χ4n) is 3.83. The molecule has 0 radical (unpaired) electrons. The van der Waals surface area contributed by atoms with Crippen LogP contribution in [0.15, 0.2) is 0 Å². The zero-order valence-electron chi connectivity index (χ0n) is 11.2. The van der Waals surface area contributed by atoms with E-state index in [2.05, 4.69) is 16.8 Å². The van der Waals surface area contributed by atoms with Gasteiger partial charge >= 0.3 is 5.97 Å². The zero-order chi connectivity index (χ0) is 12.7. The van der Waals surface area contributed by atoms with E-state index in [1.807, 2.05) is 0 Å². The molecule has 3 rings (SSSR count). The van der Waals surface area contributed by atoms with E-state index in [1.165, 1.54) is 38.5 Å². The fraction of sp³-hybridized carbons (Fsp3) is 0.929. The van der Waals surface area contributed by atoms with E-state index in [4.69, 9.17) is 5.11 Å². The summed E-state index contributed by atoms with van der Waals surface area (Å²) in [4.78, 5) is 15.8. The van der Waals surface area contributed by atoms with Crippen molar-refractivity contribution in [3.05, 3.63) is 0 Å². The molecule has 4 nitrogen and oxygen atoms in total. The molecule has 2 heterocycles. The number of aliphatic carboxylic acids is 1. The maximum absolute atomic E-state index is 11.0. The molecule has 1 N–H and O–H groups in total. The van der Waals surface area contributed by atoms with Gasteiger partial charge in [-0.25, -0.2) is 0 Å². The molecule has 0 amide bonds. The predicted octanol–water partition coefficient (Wildman–Crippen LogP) is 1.41. The number of piperidine rings is 1. The minimum Gasteiger partial charge on any atom is -0.480 e. The van der Waals surface area contributed by atoms with Gasteiger partial charge in [-0.1, -0.05) is 0 Å². The standard InChI is InChI=1S/C14H24N2O2/c1-15-11-4-5-12(15)7-13(6-11)16(9-14(17)18)8-10-2-3-10/h10-13H,2-9H2,1H3,(H,17,18). The van der Waals surface area contributed by atoms with Gasteiger partial charge in [-0.05, 0) is 51.5 Å². The Morgan fingerprint density at radius 2 is 1.83 bits per heavy atom. The van der Waals surface area contributed by atoms with Crippen LogP contribution in [0.5, 0.6) is 0 Å². The van der Waals surface area contributed by atoms with Gasteiger partial charge in [0, 0.05) is 24.7 Å². The van der Waals surface area contributed by atoms with Crippen LogP contribution in [-0.2, 0) is 4.79 Å². The van der Waals surface area contributed by atoms with E-state index in [-0.39, 0.29) is 6.54 Å². The van der Waals surface area contributed by atoms with Crippen molar-refractivity contribution in [2.45, 2.75) is 56.7 Å². The van der Waals surface area contributed by atoms with Crippen LogP contribution in [0.2, 0.25) is 0 Å². The number of rotatable bonds is 5. The summed E-state index contributed by atoms with van der Waals surface area (Å²) in [6.07, 6.45) is 7.56. The SMILES string of the molecule is CN1C2CCC1CC(N(CC(=O)O)CC1CC1)C2. The van der Waals surface area contributed by atoms with Crippen LogP contribution in [0.3, 0.4) is 0 Å². The summed E-state index contributed by atoms with van der Waals surface area (Å²) in [5.41, 5.74) is 0. The molecule has 2 bridgehead atoms. The van der Waals surface area contributed by atoms with E-state index in [0.717, 1.165) is 12.5 Å². The van der Waals surface area contributed by atoms with Crippen molar-refractivity contribution in [2.75, 3.05) is 20.1 Å². The van der Waals surface area contributed by atoms with Crippen LogP contribution >= 0.6 is 0 Å². The number of hydrogen-bond donors (Lipinski definition) is 1. The van der Waals surface area contributed by atoms with Crippen LogP contribution in [0.4, 0.5) is 0 Å². The third-order valence-corrected chi connectivity index (χ3v) is 5.12. The first-order chi connectivity index (χ1) is 8.63. The highest BCUT2D eigenvalue weighted by molar-refractivity contribution is 5.69. The van der Waals surface area contributed by atoms with Gasteiger partial charge in [-0.15, -0.1) is 0 Å². The normalized spacial score (nSPS) is 36.2. The van der Waals surface area contributed by atoms with Gasteiger partial charge in [-0.3, -0.25) is 9.69 Å². The number of carbonyl (C=O) groups is 1. The first-order valence-corrected chi connectivity index (χ1v) is 7.31. The van der Waals surface area contributed by atoms with E-state index in [9.17, 15) is 4.79 Å². The Labute approximate surface area is 109 Å². The van der Waals surface area contributed by atoms with E-state index >= 15 is 0 Å². The van der Waals surface area contributed by atoms with Crippen molar-refractivity contribution in [1.82, 2.24) is 9.80 Å². The molecule has 2 aliphatic heterocycles. The summed E-state index contributed by atoms with van der Waals surface area (Å²) in [5, 5.41) is 9.10. The van der Waals surface area contributed by atoms with E-state index in [1.54, 1.807) is 0 Å². The second-order valence-electron chi connectivity index (χ2n) is 6.44. The summed E-state index contributed by atoms with van der Waals surface area (Å²) >= 11 is 0. The van der Waals surface area contributed by atoms with Gasteiger partial charge in [-0.2, -0.15) is 0 Å². The third-order valence-electron chi connectivity index (χ3n) is 5.12. The molecule has 3 aliphatic rings. The Balaban J connectivity index is 1.64. The Morgan fingerprint density at radius 3 is 2.33 bits per heavy atom. The Morgan fingerprint density at radius 1 is 1.22 bits per heavy atom. The summed E-state index contributed by atoms with van der Waals surface area (Å²) in [7, 11) is 2.24. The minimum atomic E-state index is -0.665. The maximum atomic E-state index is 11.0. The van der Waals surface area contributed by atoms with Gasteiger partial charge in [0.1, 0.15) is 0 Å². The number of carboxylic acid groups (broad SMARTS) is 1. The molecule has 3 fully saturated rings. The molecule has 0 aromatic heterocycles. The molecule has 2 unspecified atom stereocenters. The Bertz CT molecular complexity index is 316. The summed E-state index contributed by atoms with van der Waals surface area (Å²) in [6.45, 7) is 1.25. The largest absolute Gasteiger partial charge is 0.480 e. The molecule has 1 aliphatic carbocycles. The van der Waals surface area contributed by atoms with Crippen molar-refractivity contribution in [3.63, 3.8) is 0 Å². The van der Waals surface area contributed by atoms with Crippen LogP contribution in [-0.4, -0.2) is 59.1 Å². The molecule has 4 heteroatoms. The number of nitrogens with zero attached hydrogens (tertiary/aromatic N) is 2. The summed E-state index contributed by atoms with van der Waals surface area (Å²) < 4.78 is 0. The van der Waals surface area contributed by atoms with Crippen molar-refractivity contribution in [1.29, 1.82) is 0 Å². The van der Waals surface area contributed by atoms with Crippen molar-refractivity contribution < 1.29 is 9.90 Å². The molecule has 2 atom stereocenters. The third kappa shape index (κ3) is 2.54. The fourth-order valence-corrected chi connectivity index (χ4v) is 3.83. The lowest BCUT2D eigenvalue weighted by atomic mass is 9.96. The van der Waals surface area contributed by atoms with Crippen LogP contribution < -0.4 is 0 Å². The highest BCUT2D eigenvalue weighted by atomic mass is 16.4. The van der Waals surface area contributed by atoms with Crippen LogP contribution in [0.25, 0.3) is 0 Å². The molecule has 18 heavy (non-hydrogen) atoms. The highest BCUT2D eigenvalue weighted by Gasteiger charge is 2.41. The van der Waals surface area contributed by atoms with Crippen LogP contribution in [0, 0.1) is 5.92 Å². The molecular formula is C14H24N2O2. The van der Waals surface area contributed by atoms with Gasteiger partial charge in [0.15, 0.2) is 0 Å². The maximum Gasteiger partial charge on any atom is 0.317 e. The Kier molecular flexibility index (Phi) is 3.32. The average molecular weight is 252 g/mol. The lowest BCUT2D eigenvalue weighted by Crippen LogP contribution is -2.50. The minimum absolute atomic E-state index is 0.240. The smallest absolute Gasteiger partial charge is 0.317 e. The lowest BCUT2D eigenvalue weighted by molar-refractivity contribution is -0.139. The summed E-state index contributed by atoms with van der Waals surface area (Å²) in [5.74, 6) is 0.114. The number of carboxylic acids is 1. The first-order valence-electron chi connectivity index (χ1n) is 7.31. The second-order valence-corrected chi connectivity index (χ2v) is 6.44. The predicted molar refractivity (Wildman–Crippen MR) is 69.5 cm³/mol. The number of hydrogen-bond acceptors (Lipinski definition) is 3. The van der Waals surface area contributed by atoms with Gasteiger partial charge in [0.2, 0.25) is 0 Å². The quantitative estimate of drug-likeness (QED) is 0.803. The molecule has 1 saturated carbocycles. The molecule has 0 spiro atoms. The molecule has 2 saturated heterocycles. The van der Waals surface area contributed by atoms with Crippen molar-refractivity contribution in [3.8, 4) is 0 Å². The van der Waals surface area contributed by atoms with Crippen molar-refractivity contribution in [2.24, 2.45) is 5.92 Å². The van der Waals surface area contributed by atoms with Crippen molar-refractivity contribution >= 4 is 5.97 Å². The van der Waals surface area contributed by atoms with Gasteiger partial charge < -0.3 is 10.0 Å². The average Bonchev–Trinajstić information content (AvgIpc) is 3.08. The molecule has 102 valence electrons. The number of fused-ring (bicyclic) bond motifs is 2. The van der Waals surface area contributed by atoms with Gasteiger partial charge in [0.25, 0.3) is 0 Å². The van der Waals surface area contributed by atoms with Crippen LogP contribution in [0.1, 0.15) is 38.5 Å².